The topological polar surface area (TPSA) is 84.5 Å². The first-order valence-electron chi connectivity index (χ1n) is 7.36. The van der Waals surface area contributed by atoms with Crippen LogP contribution in [0.25, 0.3) is 10.1 Å². The van der Waals surface area contributed by atoms with Crippen molar-refractivity contribution in [3.05, 3.63) is 29.1 Å². The molecule has 1 aliphatic heterocycles. The maximum absolute atomic E-state index is 12.8. The molecule has 2 aromatic rings. The molecule has 0 aliphatic carbocycles. The number of nitrogens with one attached hydrogen (secondary N) is 2. The molecule has 1 fully saturated rings. The minimum atomic E-state index is -3.80. The molecule has 0 bridgehead atoms. The van der Waals surface area contributed by atoms with E-state index >= 15 is 0 Å². The van der Waals surface area contributed by atoms with Crippen molar-refractivity contribution < 1.29 is 17.9 Å². The fraction of sp³-hybridized carbons (Fsp3) is 0.400. The van der Waals surface area contributed by atoms with Gasteiger partial charge in [-0.1, -0.05) is 18.2 Å². The number of hydrogen-bond donors (Lipinski definition) is 2. The van der Waals surface area contributed by atoms with Crippen molar-refractivity contribution in [2.24, 2.45) is 0 Å². The van der Waals surface area contributed by atoms with Gasteiger partial charge in [0.05, 0.1) is 7.11 Å². The molecule has 8 heteroatoms. The second-order valence-corrected chi connectivity index (χ2v) is 8.15. The van der Waals surface area contributed by atoms with Gasteiger partial charge in [0.2, 0.25) is 10.0 Å². The molecule has 1 atom stereocenters. The quantitative estimate of drug-likeness (QED) is 0.799. The van der Waals surface area contributed by atoms with Crippen molar-refractivity contribution in [3.63, 3.8) is 0 Å². The van der Waals surface area contributed by atoms with Crippen molar-refractivity contribution >= 4 is 37.4 Å². The number of sulfonamides is 1. The monoisotopic (exact) mass is 354 g/mol. The summed E-state index contributed by atoms with van der Waals surface area (Å²) in [6.07, 6.45) is 1.98. The molecule has 2 N–H and O–H groups in total. The summed E-state index contributed by atoms with van der Waals surface area (Å²) in [7, 11) is -2.55. The van der Waals surface area contributed by atoms with Crippen LogP contribution in [-0.2, 0) is 14.8 Å². The molecular weight excluding hydrogens is 336 g/mol. The van der Waals surface area contributed by atoms with Crippen molar-refractivity contribution in [2.45, 2.75) is 23.8 Å². The van der Waals surface area contributed by atoms with E-state index in [1.807, 2.05) is 6.07 Å². The summed E-state index contributed by atoms with van der Waals surface area (Å²) in [5.74, 6) is -0.634. The van der Waals surface area contributed by atoms with Crippen LogP contribution < -0.4 is 10.0 Å². The average Bonchev–Trinajstić information content (AvgIpc) is 3.19. The van der Waals surface area contributed by atoms with Gasteiger partial charge in [-0.3, -0.25) is 0 Å². The largest absolute Gasteiger partial charge is 0.465 e. The molecular formula is C15H18N2O4S2. The molecule has 1 saturated heterocycles. The maximum Gasteiger partial charge on any atom is 0.349 e. The lowest BCUT2D eigenvalue weighted by Crippen LogP contribution is -2.37. The zero-order valence-electron chi connectivity index (χ0n) is 12.7. The first kappa shape index (κ1) is 16.4. The van der Waals surface area contributed by atoms with E-state index in [0.29, 0.717) is 11.9 Å². The number of rotatable bonds is 5. The number of thiophene rings is 1. The average molecular weight is 354 g/mol. The van der Waals surface area contributed by atoms with Gasteiger partial charge in [-0.05, 0) is 25.5 Å². The van der Waals surface area contributed by atoms with Crippen LogP contribution in [0.1, 0.15) is 22.5 Å². The van der Waals surface area contributed by atoms with Gasteiger partial charge in [0, 0.05) is 22.7 Å². The Bertz CT molecular complexity index is 823. The van der Waals surface area contributed by atoms with Gasteiger partial charge in [-0.2, -0.15) is 0 Å². The molecule has 3 rings (SSSR count). The molecule has 0 radical (unpaired) electrons. The SMILES string of the molecule is COC(=O)c1sc2ccccc2c1S(=O)(=O)NCC1CCCN1. The molecule has 23 heavy (non-hydrogen) atoms. The molecule has 1 aromatic heterocycles. The predicted molar refractivity (Wildman–Crippen MR) is 89.4 cm³/mol. The molecule has 0 saturated carbocycles. The molecule has 1 aromatic carbocycles. The van der Waals surface area contributed by atoms with Crippen molar-refractivity contribution in [1.82, 2.24) is 10.0 Å². The van der Waals surface area contributed by atoms with Crippen LogP contribution in [0.3, 0.4) is 0 Å². The lowest BCUT2D eigenvalue weighted by Gasteiger charge is -2.12. The normalized spacial score (nSPS) is 18.4. The number of hydrogen-bond acceptors (Lipinski definition) is 6. The third-order valence-corrected chi connectivity index (χ3v) is 6.66. The third kappa shape index (κ3) is 3.25. The number of fused-ring (bicyclic) bond motifs is 1. The summed E-state index contributed by atoms with van der Waals surface area (Å²) in [5, 5.41) is 3.79. The number of esters is 1. The predicted octanol–water partition coefficient (Wildman–Crippen LogP) is 1.72. The number of carbonyl (C=O) groups excluding carboxylic acids is 1. The van der Waals surface area contributed by atoms with Gasteiger partial charge in [-0.15, -0.1) is 11.3 Å². The number of carbonyl (C=O) groups is 1. The van der Waals surface area contributed by atoms with E-state index in [9.17, 15) is 13.2 Å². The Kier molecular flexibility index (Phi) is 4.67. The van der Waals surface area contributed by atoms with Crippen LogP contribution >= 0.6 is 11.3 Å². The highest BCUT2D eigenvalue weighted by molar-refractivity contribution is 7.90. The van der Waals surface area contributed by atoms with Gasteiger partial charge in [0.25, 0.3) is 0 Å². The fourth-order valence-corrected chi connectivity index (χ4v) is 5.62. The molecule has 1 aliphatic rings. The Morgan fingerprint density at radius 1 is 1.43 bits per heavy atom. The number of methoxy groups -OCH3 is 1. The second kappa shape index (κ2) is 6.56. The van der Waals surface area contributed by atoms with E-state index in [4.69, 9.17) is 4.74 Å². The zero-order chi connectivity index (χ0) is 16.4. The highest BCUT2D eigenvalue weighted by atomic mass is 32.2. The van der Waals surface area contributed by atoms with Crippen LogP contribution in [-0.4, -0.2) is 40.6 Å². The van der Waals surface area contributed by atoms with Crippen molar-refractivity contribution in [2.75, 3.05) is 20.2 Å². The summed E-state index contributed by atoms with van der Waals surface area (Å²) >= 11 is 1.13. The van der Waals surface area contributed by atoms with Crippen LogP contribution in [0.15, 0.2) is 29.2 Å². The lowest BCUT2D eigenvalue weighted by molar-refractivity contribution is 0.0602. The summed E-state index contributed by atoms with van der Waals surface area (Å²) in [4.78, 5) is 12.1. The zero-order valence-corrected chi connectivity index (χ0v) is 14.3. The van der Waals surface area contributed by atoms with Gasteiger partial charge in [0.1, 0.15) is 9.77 Å². The van der Waals surface area contributed by atoms with Gasteiger partial charge >= 0.3 is 5.97 Å². The van der Waals surface area contributed by atoms with Crippen LogP contribution in [0.5, 0.6) is 0 Å². The first-order valence-corrected chi connectivity index (χ1v) is 9.66. The Morgan fingerprint density at radius 2 is 2.22 bits per heavy atom. The van der Waals surface area contributed by atoms with E-state index in [0.717, 1.165) is 35.4 Å². The van der Waals surface area contributed by atoms with Gasteiger partial charge in [-0.25, -0.2) is 17.9 Å². The third-order valence-electron chi connectivity index (χ3n) is 3.87. The van der Waals surface area contributed by atoms with Crippen molar-refractivity contribution in [3.8, 4) is 0 Å². The molecule has 124 valence electrons. The van der Waals surface area contributed by atoms with Crippen LogP contribution in [0.2, 0.25) is 0 Å². The van der Waals surface area contributed by atoms with Crippen molar-refractivity contribution in [1.29, 1.82) is 0 Å². The smallest absolute Gasteiger partial charge is 0.349 e. The second-order valence-electron chi connectivity index (χ2n) is 5.39. The minimum absolute atomic E-state index is 0.0166. The molecule has 0 spiro atoms. The summed E-state index contributed by atoms with van der Waals surface area (Å²) in [6.45, 7) is 1.22. The van der Waals surface area contributed by atoms with Crippen LogP contribution in [0, 0.1) is 0 Å². The Labute approximate surface area is 138 Å². The van der Waals surface area contributed by atoms with E-state index in [1.54, 1.807) is 18.2 Å². The molecule has 1 unspecified atom stereocenters. The molecule has 2 heterocycles. The fourth-order valence-electron chi connectivity index (χ4n) is 2.73. The number of ether oxygens (including phenoxy) is 1. The van der Waals surface area contributed by atoms with Gasteiger partial charge < -0.3 is 10.1 Å². The van der Waals surface area contributed by atoms with E-state index < -0.39 is 16.0 Å². The number of benzene rings is 1. The Hall–Kier alpha value is -1.48. The Morgan fingerprint density at radius 3 is 2.91 bits per heavy atom. The summed E-state index contributed by atoms with van der Waals surface area (Å²) in [6, 6.07) is 7.21. The highest BCUT2D eigenvalue weighted by Crippen LogP contribution is 2.35. The molecule has 0 amide bonds. The van der Waals surface area contributed by atoms with Gasteiger partial charge in [0.15, 0.2) is 0 Å². The molecule has 6 nitrogen and oxygen atoms in total. The van der Waals surface area contributed by atoms with E-state index in [2.05, 4.69) is 10.0 Å². The van der Waals surface area contributed by atoms with E-state index in [-0.39, 0.29) is 15.8 Å². The maximum atomic E-state index is 12.8. The Balaban J connectivity index is 2.00. The summed E-state index contributed by atoms with van der Waals surface area (Å²) < 4.78 is 33.6. The highest BCUT2D eigenvalue weighted by Gasteiger charge is 2.29. The summed E-state index contributed by atoms with van der Waals surface area (Å²) in [5.41, 5.74) is 0. The first-order chi connectivity index (χ1) is 11.0. The minimum Gasteiger partial charge on any atom is -0.465 e. The van der Waals surface area contributed by atoms with E-state index in [1.165, 1.54) is 7.11 Å². The van der Waals surface area contributed by atoms with Crippen LogP contribution in [0.4, 0.5) is 0 Å². The lowest BCUT2D eigenvalue weighted by atomic mass is 10.2. The standard InChI is InChI=1S/C15H18N2O4S2/c1-21-15(18)13-14(11-6-2-3-7-12(11)22-13)23(19,20)17-9-10-5-4-8-16-10/h2-3,6-7,10,16-17H,4-5,8-9H2,1H3.